The predicted octanol–water partition coefficient (Wildman–Crippen LogP) is 4.23. The molecule has 1 aromatic heterocycles. The number of fused-ring (bicyclic) bond motifs is 2. The molecule has 1 fully saturated rings. The standard InChI is InChI=1S/C42H48N6O8/c1-6-33-32(51)23-36(55-33)38-41(53)46-42(54)39(45-38)43-19-17-26(49)13-14-27(50)18-20-44-40(52)29-10-8-7-9-28(29)37-30-15-11-24(47(2)3)21-34(30)56-35-22-25(48(4)5)12-16-31(35)37/h7-12,15-16,21-22,32-33,36,44,51H,6,13-14,17-20,23H2,1-5H3,(H2,46,52,53,54)/p+1/t32?,33-,36-/m1/s1. The number of aromatic nitrogens is 2. The van der Waals surface area contributed by atoms with Crippen molar-refractivity contribution in [3.8, 4) is 28.3 Å². The van der Waals surface area contributed by atoms with Gasteiger partial charge in [0.2, 0.25) is 11.2 Å². The lowest BCUT2D eigenvalue weighted by atomic mass is 9.90. The Morgan fingerprint density at radius 2 is 1.70 bits per heavy atom. The van der Waals surface area contributed by atoms with E-state index in [1.54, 1.807) is 12.1 Å². The van der Waals surface area contributed by atoms with E-state index in [0.29, 0.717) is 23.3 Å². The highest BCUT2D eigenvalue weighted by Gasteiger charge is 2.36. The molecule has 3 aromatic rings. The number of amides is 1. The molecule has 56 heavy (non-hydrogen) atoms. The second-order valence-corrected chi connectivity index (χ2v) is 14.5. The van der Waals surface area contributed by atoms with Gasteiger partial charge in [0.25, 0.3) is 11.5 Å². The third-order valence-electron chi connectivity index (χ3n) is 10.1. The first-order chi connectivity index (χ1) is 26.8. The first-order valence-corrected chi connectivity index (χ1v) is 18.8. The van der Waals surface area contributed by atoms with Crippen LogP contribution in [0.5, 0.6) is 5.88 Å². The maximum atomic E-state index is 13.7. The van der Waals surface area contributed by atoms with E-state index in [1.165, 1.54) is 0 Å². The van der Waals surface area contributed by atoms with Crippen molar-refractivity contribution in [1.82, 2.24) is 19.9 Å². The van der Waals surface area contributed by atoms with Crippen LogP contribution in [0, 0.1) is 0 Å². The Labute approximate surface area is 324 Å². The van der Waals surface area contributed by atoms with Gasteiger partial charge in [0.1, 0.15) is 48.8 Å². The topological polar surface area (TPSA) is 190 Å². The summed E-state index contributed by atoms with van der Waals surface area (Å²) in [5.74, 6) is -0.512. The molecule has 3 heterocycles. The summed E-state index contributed by atoms with van der Waals surface area (Å²) < 4.78 is 14.2. The van der Waals surface area contributed by atoms with Crippen molar-refractivity contribution in [2.24, 2.45) is 0 Å². The quantitative estimate of drug-likeness (QED) is 0.0758. The number of aromatic hydroxyl groups is 1. The van der Waals surface area contributed by atoms with Gasteiger partial charge in [-0.2, -0.15) is 0 Å². The summed E-state index contributed by atoms with van der Waals surface area (Å²) in [6.07, 6.45) is -0.860. The highest BCUT2D eigenvalue weighted by molar-refractivity contribution is 6.09. The molecule has 2 aromatic carbocycles. The third kappa shape index (κ3) is 8.82. The van der Waals surface area contributed by atoms with E-state index in [0.717, 1.165) is 33.1 Å². The number of aliphatic hydroxyl groups excluding tert-OH is 1. The van der Waals surface area contributed by atoms with Crippen LogP contribution in [0.1, 0.15) is 67.6 Å². The third-order valence-corrected chi connectivity index (χ3v) is 10.1. The highest BCUT2D eigenvalue weighted by Crippen LogP contribution is 2.42. The van der Waals surface area contributed by atoms with Crippen molar-refractivity contribution in [3.63, 3.8) is 0 Å². The van der Waals surface area contributed by atoms with Crippen molar-refractivity contribution in [1.29, 1.82) is 0 Å². The van der Waals surface area contributed by atoms with Crippen LogP contribution in [0.4, 0.5) is 11.5 Å². The number of H-pyrrole nitrogens is 1. The van der Waals surface area contributed by atoms with Gasteiger partial charge in [-0.25, -0.2) is 9.56 Å². The van der Waals surface area contributed by atoms with Crippen molar-refractivity contribution in [2.75, 3.05) is 51.5 Å². The number of Topliss-reactive ketones (excluding diaryl/α,β-unsaturated/α-hetero) is 2. The average Bonchev–Trinajstić information content (AvgIpc) is 3.56. The summed E-state index contributed by atoms with van der Waals surface area (Å²) in [7, 11) is 7.86. The Balaban J connectivity index is 1.05. The van der Waals surface area contributed by atoms with Gasteiger partial charge in [-0.3, -0.25) is 24.2 Å². The molecule has 1 aliphatic carbocycles. The zero-order valence-electron chi connectivity index (χ0n) is 32.3. The molecule has 0 radical (unpaired) electrons. The highest BCUT2D eigenvalue weighted by atomic mass is 16.5. The lowest BCUT2D eigenvalue weighted by Gasteiger charge is -2.19. The fourth-order valence-electron chi connectivity index (χ4n) is 6.94. The number of nitrogens with one attached hydrogen (secondary N) is 3. The minimum Gasteiger partial charge on any atom is -0.493 e. The number of carbonyl (C=O) groups excluding carboxylic acids is 3. The predicted molar refractivity (Wildman–Crippen MR) is 214 cm³/mol. The summed E-state index contributed by atoms with van der Waals surface area (Å²) in [5.41, 5.74) is 4.01. The Morgan fingerprint density at radius 1 is 0.964 bits per heavy atom. The molecule has 0 saturated carbocycles. The van der Waals surface area contributed by atoms with Crippen LogP contribution in [0.3, 0.4) is 0 Å². The summed E-state index contributed by atoms with van der Waals surface area (Å²) in [4.78, 5) is 60.0. The SMILES string of the molecule is CC[C@H]1O[C@@H](c2nc(NCCC(=O)CCC(=O)CCNC(=O)c3ccccc3-c3c4ccc(=[N+](C)C)cc-4oc4cc(N(C)C)ccc34)c(=O)[nH]c2O)CC1O. The average molecular weight is 766 g/mol. The zero-order chi connectivity index (χ0) is 40.1. The maximum absolute atomic E-state index is 13.7. The minimum atomic E-state index is -0.712. The molecular formula is C42H49N6O8+. The largest absolute Gasteiger partial charge is 0.493 e. The number of hydrogen-bond donors (Lipinski definition) is 5. The fraction of sp³-hybridized carbons (Fsp3) is 0.381. The lowest BCUT2D eigenvalue weighted by molar-refractivity contribution is -0.124. The number of hydrogen-bond acceptors (Lipinski definition) is 11. The molecule has 3 atom stereocenters. The van der Waals surface area contributed by atoms with Crippen molar-refractivity contribution >= 4 is 39.9 Å². The minimum absolute atomic E-state index is 0.0123. The monoisotopic (exact) mass is 765 g/mol. The van der Waals surface area contributed by atoms with E-state index >= 15 is 0 Å². The van der Waals surface area contributed by atoms with E-state index in [2.05, 4.69) is 20.6 Å². The van der Waals surface area contributed by atoms with E-state index < -0.39 is 29.8 Å². The Bertz CT molecular complexity index is 2360. The van der Waals surface area contributed by atoms with Gasteiger partial charge in [-0.15, -0.1) is 0 Å². The molecule has 14 heteroatoms. The number of benzene rings is 3. The van der Waals surface area contributed by atoms with Crippen LogP contribution in [0.25, 0.3) is 33.4 Å². The second kappa shape index (κ2) is 17.3. The number of aliphatic hydroxyl groups is 1. The summed E-state index contributed by atoms with van der Waals surface area (Å²) >= 11 is 0. The van der Waals surface area contributed by atoms with Crippen molar-refractivity contribution in [3.05, 3.63) is 87.6 Å². The number of ether oxygens (including phenoxy) is 1. The van der Waals surface area contributed by atoms with Crippen molar-refractivity contribution in [2.45, 2.75) is 63.8 Å². The molecule has 2 aliphatic heterocycles. The van der Waals surface area contributed by atoms with Gasteiger partial charge in [0.15, 0.2) is 5.82 Å². The summed E-state index contributed by atoms with van der Waals surface area (Å²) in [6.45, 7) is 2.06. The number of carbonyl (C=O) groups is 3. The molecule has 14 nitrogen and oxygen atoms in total. The number of rotatable bonds is 15. The van der Waals surface area contributed by atoms with E-state index in [4.69, 9.17) is 9.15 Å². The molecule has 294 valence electrons. The number of aromatic amines is 1. The molecular weight excluding hydrogens is 716 g/mol. The summed E-state index contributed by atoms with van der Waals surface area (Å²) in [5, 5.41) is 28.0. The Kier molecular flexibility index (Phi) is 12.3. The van der Waals surface area contributed by atoms with E-state index in [-0.39, 0.29) is 74.2 Å². The molecule has 1 unspecified atom stereocenters. The zero-order valence-corrected chi connectivity index (χ0v) is 32.3. The van der Waals surface area contributed by atoms with Crippen LogP contribution in [-0.2, 0) is 14.3 Å². The normalized spacial score (nSPS) is 16.6. The fourth-order valence-corrected chi connectivity index (χ4v) is 6.94. The number of anilines is 2. The maximum Gasteiger partial charge on any atom is 0.293 e. The van der Waals surface area contributed by atoms with Crippen LogP contribution in [0.15, 0.2) is 69.9 Å². The van der Waals surface area contributed by atoms with Crippen LogP contribution >= 0.6 is 0 Å². The lowest BCUT2D eigenvalue weighted by Crippen LogP contribution is -2.26. The number of nitrogens with zero attached hydrogens (tertiary/aromatic N) is 3. The first kappa shape index (κ1) is 39.8. The smallest absolute Gasteiger partial charge is 0.293 e. The van der Waals surface area contributed by atoms with Crippen LogP contribution in [0.2, 0.25) is 0 Å². The molecule has 0 bridgehead atoms. The van der Waals surface area contributed by atoms with Gasteiger partial charge in [-0.05, 0) is 36.2 Å². The van der Waals surface area contributed by atoms with Crippen LogP contribution in [-0.4, -0.2) is 91.1 Å². The Morgan fingerprint density at radius 3 is 2.39 bits per heavy atom. The van der Waals surface area contributed by atoms with E-state index in [1.807, 2.05) is 93.1 Å². The molecule has 3 aliphatic rings. The molecule has 5 N–H and O–H groups in total. The van der Waals surface area contributed by atoms with Crippen molar-refractivity contribution < 1.29 is 33.8 Å². The molecule has 0 spiro atoms. The van der Waals surface area contributed by atoms with E-state index in [9.17, 15) is 29.4 Å². The Hall–Kier alpha value is -5.86. The van der Waals surface area contributed by atoms with Gasteiger partial charge in [0, 0.05) is 99.2 Å². The van der Waals surface area contributed by atoms with Gasteiger partial charge >= 0.3 is 0 Å². The second-order valence-electron chi connectivity index (χ2n) is 14.5. The van der Waals surface area contributed by atoms with Gasteiger partial charge in [0.05, 0.1) is 18.3 Å². The molecule has 1 saturated heterocycles. The number of ketones is 2. The summed E-state index contributed by atoms with van der Waals surface area (Å²) in [6, 6.07) is 19.4. The van der Waals surface area contributed by atoms with Gasteiger partial charge in [-0.1, -0.05) is 25.1 Å². The molecule has 1 amide bonds. The van der Waals surface area contributed by atoms with Crippen LogP contribution < -0.4 is 31.0 Å². The molecule has 6 rings (SSSR count). The first-order valence-electron chi connectivity index (χ1n) is 18.8. The van der Waals surface area contributed by atoms with Gasteiger partial charge < -0.3 is 34.9 Å².